The second-order valence-electron chi connectivity index (χ2n) is 5.83. The van der Waals surface area contributed by atoms with Crippen molar-refractivity contribution in [3.05, 3.63) is 52.3 Å². The molecule has 0 aliphatic heterocycles. The van der Waals surface area contributed by atoms with Crippen LogP contribution in [0.2, 0.25) is 0 Å². The van der Waals surface area contributed by atoms with Crippen LogP contribution in [0.25, 0.3) is 23.4 Å². The highest BCUT2D eigenvalue weighted by Gasteiger charge is 2.09. The predicted octanol–water partition coefficient (Wildman–Crippen LogP) is 4.91. The average molecular weight is 408 g/mol. The number of rotatable bonds is 8. The third-order valence-electron chi connectivity index (χ3n) is 4.10. The summed E-state index contributed by atoms with van der Waals surface area (Å²) in [5.41, 5.74) is 2.77. The van der Waals surface area contributed by atoms with Crippen molar-refractivity contribution in [2.24, 2.45) is 0 Å². The zero-order valence-corrected chi connectivity index (χ0v) is 17.2. The lowest BCUT2D eigenvalue weighted by atomic mass is 10.1. The summed E-state index contributed by atoms with van der Waals surface area (Å²) in [5, 5.41) is 11.5. The minimum absolute atomic E-state index is 0.0242. The van der Waals surface area contributed by atoms with Crippen LogP contribution in [-0.2, 0) is 0 Å². The lowest BCUT2D eigenvalue weighted by molar-refractivity contribution is 0.329. The van der Waals surface area contributed by atoms with E-state index in [1.54, 1.807) is 38.7 Å². The van der Waals surface area contributed by atoms with Crippen LogP contribution in [-0.4, -0.2) is 32.9 Å². The molecule has 0 amide bonds. The topological polar surface area (TPSA) is 73.6 Å². The molecule has 0 aliphatic carbocycles. The van der Waals surface area contributed by atoms with E-state index < -0.39 is 0 Å². The van der Waals surface area contributed by atoms with Gasteiger partial charge < -0.3 is 18.9 Å². The van der Waals surface area contributed by atoms with Crippen molar-refractivity contribution in [1.29, 1.82) is 5.26 Å². The molecule has 0 atom stereocenters. The zero-order valence-electron chi connectivity index (χ0n) is 16.3. The summed E-state index contributed by atoms with van der Waals surface area (Å²) in [6.07, 6.45) is 3.90. The van der Waals surface area contributed by atoms with E-state index in [2.05, 4.69) is 4.98 Å². The Balaban J connectivity index is 1.78. The van der Waals surface area contributed by atoms with Crippen LogP contribution in [0.5, 0.6) is 23.0 Å². The molecule has 2 aromatic carbocycles. The molecule has 1 heterocycles. The molecule has 0 saturated heterocycles. The van der Waals surface area contributed by atoms with E-state index in [1.165, 1.54) is 0 Å². The van der Waals surface area contributed by atoms with Crippen molar-refractivity contribution in [1.82, 2.24) is 4.98 Å². The molecule has 3 aromatic rings. The van der Waals surface area contributed by atoms with E-state index in [1.807, 2.05) is 53.9 Å². The Morgan fingerprint density at radius 3 is 2.38 bits per heavy atom. The number of nitrogens with zero attached hydrogens (tertiary/aromatic N) is 2. The van der Waals surface area contributed by atoms with Gasteiger partial charge in [-0.05, 0) is 42.0 Å². The summed E-state index contributed by atoms with van der Waals surface area (Å²) in [7, 11) is 4.79. The summed E-state index contributed by atoms with van der Waals surface area (Å²) in [6, 6.07) is 13.2. The van der Waals surface area contributed by atoms with E-state index >= 15 is 0 Å². The van der Waals surface area contributed by atoms with Crippen molar-refractivity contribution in [3.63, 3.8) is 0 Å². The molecule has 0 radical (unpaired) electrons. The Morgan fingerprint density at radius 2 is 1.66 bits per heavy atom. The van der Waals surface area contributed by atoms with Crippen molar-refractivity contribution in [2.45, 2.75) is 0 Å². The first-order valence-electron chi connectivity index (χ1n) is 8.72. The first-order valence-corrected chi connectivity index (χ1v) is 9.60. The van der Waals surface area contributed by atoms with Crippen molar-refractivity contribution < 1.29 is 18.9 Å². The third-order valence-corrected chi connectivity index (χ3v) is 4.91. The van der Waals surface area contributed by atoms with Gasteiger partial charge in [0.15, 0.2) is 29.6 Å². The summed E-state index contributed by atoms with van der Waals surface area (Å²) < 4.78 is 21.3. The molecule has 6 nitrogen and oxygen atoms in total. The first-order chi connectivity index (χ1) is 14.2. The molecule has 3 rings (SSSR count). The molecule has 1 aromatic heterocycles. The van der Waals surface area contributed by atoms with Gasteiger partial charge in [-0.15, -0.1) is 11.3 Å². The molecule has 0 bridgehead atoms. The highest BCUT2D eigenvalue weighted by atomic mass is 32.1. The molecule has 7 heteroatoms. The van der Waals surface area contributed by atoms with Gasteiger partial charge in [-0.1, -0.05) is 12.1 Å². The fourth-order valence-electron chi connectivity index (χ4n) is 2.68. The summed E-state index contributed by atoms with van der Waals surface area (Å²) in [6.45, 7) is -0.0242. The smallest absolute Gasteiger partial charge is 0.174 e. The van der Waals surface area contributed by atoms with Gasteiger partial charge in [0.2, 0.25) is 0 Å². The van der Waals surface area contributed by atoms with Crippen LogP contribution in [0.4, 0.5) is 0 Å². The highest BCUT2D eigenvalue weighted by molar-refractivity contribution is 7.10. The minimum Gasteiger partial charge on any atom is -0.493 e. The lowest BCUT2D eigenvalue weighted by Gasteiger charge is -2.08. The van der Waals surface area contributed by atoms with E-state index in [-0.39, 0.29) is 6.61 Å². The van der Waals surface area contributed by atoms with E-state index in [0.29, 0.717) is 23.0 Å². The summed E-state index contributed by atoms with van der Waals surface area (Å²) in [5.74, 6) is 2.47. The SMILES string of the molecule is COc1ccc(-c2csc(/C=C/c3ccc(OCC#N)c(OC)c3)n2)cc1OC. The standard InChI is InChI=1S/C22H20N2O4S/c1-25-18-8-6-16(13-21(18)27-3)17-14-29-22(24-17)9-5-15-4-7-19(28-11-10-23)20(12-15)26-2/h4-9,12-14H,11H2,1-3H3/b9-5+. The van der Waals surface area contributed by atoms with Crippen molar-refractivity contribution in [2.75, 3.05) is 27.9 Å². The molecule has 0 saturated carbocycles. The number of aromatic nitrogens is 1. The van der Waals surface area contributed by atoms with Gasteiger partial charge in [0, 0.05) is 10.9 Å². The zero-order chi connectivity index (χ0) is 20.6. The van der Waals surface area contributed by atoms with Crippen LogP contribution in [0.3, 0.4) is 0 Å². The van der Waals surface area contributed by atoms with Gasteiger partial charge in [-0.3, -0.25) is 0 Å². The van der Waals surface area contributed by atoms with Crippen LogP contribution in [0, 0.1) is 11.3 Å². The fourth-order valence-corrected chi connectivity index (χ4v) is 3.40. The molecule has 29 heavy (non-hydrogen) atoms. The molecule has 0 aliphatic rings. The van der Waals surface area contributed by atoms with Gasteiger partial charge in [0.1, 0.15) is 11.1 Å². The Kier molecular flexibility index (Phi) is 6.72. The molecule has 148 valence electrons. The van der Waals surface area contributed by atoms with Gasteiger partial charge >= 0.3 is 0 Å². The first kappa shape index (κ1) is 20.2. The van der Waals surface area contributed by atoms with E-state index in [9.17, 15) is 0 Å². The van der Waals surface area contributed by atoms with Crippen LogP contribution < -0.4 is 18.9 Å². The van der Waals surface area contributed by atoms with E-state index in [4.69, 9.17) is 24.2 Å². The number of benzene rings is 2. The predicted molar refractivity (Wildman–Crippen MR) is 114 cm³/mol. The molecule has 0 spiro atoms. The van der Waals surface area contributed by atoms with Crippen LogP contribution in [0.15, 0.2) is 41.8 Å². The normalized spacial score (nSPS) is 10.6. The quantitative estimate of drug-likeness (QED) is 0.527. The Bertz CT molecular complexity index is 1050. The average Bonchev–Trinajstić information content (AvgIpc) is 3.25. The highest BCUT2D eigenvalue weighted by Crippen LogP contribution is 2.33. The van der Waals surface area contributed by atoms with Crippen molar-refractivity contribution >= 4 is 23.5 Å². The molecular weight excluding hydrogens is 388 g/mol. The maximum Gasteiger partial charge on any atom is 0.174 e. The monoisotopic (exact) mass is 408 g/mol. The van der Waals surface area contributed by atoms with Crippen LogP contribution >= 0.6 is 11.3 Å². The summed E-state index contributed by atoms with van der Waals surface area (Å²) in [4.78, 5) is 4.67. The second-order valence-corrected chi connectivity index (χ2v) is 6.72. The second kappa shape index (κ2) is 9.62. The maximum atomic E-state index is 8.65. The number of thiazole rings is 1. The number of methoxy groups -OCH3 is 3. The summed E-state index contributed by atoms with van der Waals surface area (Å²) >= 11 is 1.55. The van der Waals surface area contributed by atoms with Gasteiger partial charge in [0.25, 0.3) is 0 Å². The van der Waals surface area contributed by atoms with Crippen molar-refractivity contribution in [3.8, 4) is 40.3 Å². The molecule has 0 fully saturated rings. The molecule has 0 unspecified atom stereocenters. The molecule has 0 N–H and O–H groups in total. The Labute approximate surface area is 173 Å². The Hall–Kier alpha value is -3.50. The largest absolute Gasteiger partial charge is 0.493 e. The fraction of sp³-hybridized carbons (Fsp3) is 0.182. The van der Waals surface area contributed by atoms with Crippen LogP contribution in [0.1, 0.15) is 10.6 Å². The maximum absolute atomic E-state index is 8.65. The van der Waals surface area contributed by atoms with Gasteiger partial charge in [-0.2, -0.15) is 5.26 Å². The van der Waals surface area contributed by atoms with E-state index in [0.717, 1.165) is 21.8 Å². The van der Waals surface area contributed by atoms with Gasteiger partial charge in [0.05, 0.1) is 27.0 Å². The third kappa shape index (κ3) is 4.86. The number of hydrogen-bond acceptors (Lipinski definition) is 7. The number of hydrogen-bond donors (Lipinski definition) is 0. The number of nitriles is 1. The Morgan fingerprint density at radius 1 is 0.931 bits per heavy atom. The minimum atomic E-state index is -0.0242. The lowest BCUT2D eigenvalue weighted by Crippen LogP contribution is -1.96. The number of ether oxygens (including phenoxy) is 4. The van der Waals surface area contributed by atoms with Gasteiger partial charge in [-0.25, -0.2) is 4.98 Å². The molecular formula is C22H20N2O4S.